The number of hydrogen-bond donors (Lipinski definition) is 3. The molecule has 0 fully saturated rings. The predicted molar refractivity (Wildman–Crippen MR) is 121 cm³/mol. The van der Waals surface area contributed by atoms with Gasteiger partial charge in [0.05, 0.1) is 9.77 Å². The molecule has 0 aliphatic carbocycles. The van der Waals surface area contributed by atoms with Crippen LogP contribution in [0.4, 0.5) is 5.69 Å². The van der Waals surface area contributed by atoms with Crippen molar-refractivity contribution in [3.63, 3.8) is 0 Å². The van der Waals surface area contributed by atoms with Gasteiger partial charge >= 0.3 is 5.97 Å². The molecule has 3 N–H and O–H groups in total. The van der Waals surface area contributed by atoms with Crippen molar-refractivity contribution in [2.45, 2.75) is 24.8 Å². The summed E-state index contributed by atoms with van der Waals surface area (Å²) in [7, 11) is -3.97. The minimum atomic E-state index is -3.97. The fraction of sp³-hybridized carbons (Fsp3) is 0.182. The normalized spacial score (nSPS) is 12.5. The third kappa shape index (κ3) is 5.57. The Hall–Kier alpha value is -3.01. The summed E-state index contributed by atoms with van der Waals surface area (Å²) in [6, 6.07) is 15.7. The second-order valence-electron chi connectivity index (χ2n) is 7.21. The summed E-state index contributed by atoms with van der Waals surface area (Å²) in [6.45, 7) is 3.27. The molecule has 1 amide bonds. The highest BCUT2D eigenvalue weighted by Crippen LogP contribution is 2.24. The van der Waals surface area contributed by atoms with Crippen molar-refractivity contribution in [1.29, 1.82) is 0 Å². The van der Waals surface area contributed by atoms with Gasteiger partial charge in [0.25, 0.3) is 5.91 Å². The molecular formula is C22H22N2O5S2. The largest absolute Gasteiger partial charge is 0.480 e. The molecule has 2 aromatic carbocycles. The van der Waals surface area contributed by atoms with E-state index in [-0.39, 0.29) is 10.8 Å². The van der Waals surface area contributed by atoms with Crippen molar-refractivity contribution in [2.24, 2.45) is 5.92 Å². The lowest BCUT2D eigenvalue weighted by atomic mass is 10.1. The Balaban J connectivity index is 1.72. The number of hydrogen-bond acceptors (Lipinski definition) is 5. The van der Waals surface area contributed by atoms with Gasteiger partial charge in [0, 0.05) is 5.69 Å². The number of anilines is 1. The number of nitrogens with one attached hydrogen (secondary N) is 2. The molecule has 1 unspecified atom stereocenters. The van der Waals surface area contributed by atoms with Crippen LogP contribution in [0.5, 0.6) is 0 Å². The lowest BCUT2D eigenvalue weighted by molar-refractivity contribution is -0.140. The van der Waals surface area contributed by atoms with Gasteiger partial charge in [-0.3, -0.25) is 9.59 Å². The van der Waals surface area contributed by atoms with E-state index in [0.29, 0.717) is 10.6 Å². The van der Waals surface area contributed by atoms with Crippen LogP contribution < -0.4 is 10.0 Å². The van der Waals surface area contributed by atoms with E-state index in [4.69, 9.17) is 0 Å². The summed E-state index contributed by atoms with van der Waals surface area (Å²) in [5.41, 5.74) is 2.28. The number of amides is 1. The number of aliphatic carboxylic acids is 1. The number of carbonyl (C=O) groups excluding carboxylic acids is 1. The van der Waals surface area contributed by atoms with Crippen LogP contribution in [0.1, 0.15) is 23.5 Å². The first-order valence-corrected chi connectivity index (χ1v) is 11.8. The average molecular weight is 459 g/mol. The molecule has 0 saturated carbocycles. The smallest absolute Gasteiger partial charge is 0.322 e. The molecule has 0 aliphatic rings. The molecule has 3 rings (SSSR count). The number of carbonyl (C=O) groups is 2. The van der Waals surface area contributed by atoms with E-state index in [1.165, 1.54) is 23.5 Å². The lowest BCUT2D eigenvalue weighted by Crippen LogP contribution is -2.44. The van der Waals surface area contributed by atoms with Crippen LogP contribution in [0.25, 0.3) is 11.1 Å². The molecule has 9 heteroatoms. The number of carboxylic acids is 1. The summed E-state index contributed by atoms with van der Waals surface area (Å²) in [5, 5.41) is 13.9. The molecule has 0 aliphatic heterocycles. The van der Waals surface area contributed by atoms with Crippen molar-refractivity contribution < 1.29 is 23.1 Å². The maximum atomic E-state index is 12.5. The van der Waals surface area contributed by atoms with E-state index < -0.39 is 28.0 Å². The average Bonchev–Trinajstić information content (AvgIpc) is 3.27. The Morgan fingerprint density at radius 2 is 1.52 bits per heavy atom. The van der Waals surface area contributed by atoms with E-state index >= 15 is 0 Å². The van der Waals surface area contributed by atoms with Gasteiger partial charge < -0.3 is 10.4 Å². The lowest BCUT2D eigenvalue weighted by Gasteiger charge is -2.18. The van der Waals surface area contributed by atoms with Crippen LogP contribution in [0, 0.1) is 5.92 Å². The second-order valence-corrected chi connectivity index (χ2v) is 9.88. The van der Waals surface area contributed by atoms with Crippen LogP contribution >= 0.6 is 11.3 Å². The zero-order valence-electron chi connectivity index (χ0n) is 16.9. The van der Waals surface area contributed by atoms with Crippen molar-refractivity contribution in [1.82, 2.24) is 4.72 Å². The minimum Gasteiger partial charge on any atom is -0.480 e. The van der Waals surface area contributed by atoms with E-state index in [0.717, 1.165) is 11.1 Å². The zero-order valence-corrected chi connectivity index (χ0v) is 18.5. The monoisotopic (exact) mass is 458 g/mol. The zero-order chi connectivity index (χ0) is 22.6. The van der Waals surface area contributed by atoms with Gasteiger partial charge in [-0.25, -0.2) is 8.42 Å². The third-order valence-corrected chi connectivity index (χ3v) is 6.93. The van der Waals surface area contributed by atoms with Crippen LogP contribution in [0.15, 0.2) is 70.9 Å². The molecule has 0 radical (unpaired) electrons. The third-order valence-electron chi connectivity index (χ3n) is 4.60. The summed E-state index contributed by atoms with van der Waals surface area (Å²) in [5.74, 6) is -1.79. The minimum absolute atomic E-state index is 0.0111. The quantitative estimate of drug-likeness (QED) is 0.471. The van der Waals surface area contributed by atoms with Gasteiger partial charge in [-0.05, 0) is 52.8 Å². The summed E-state index contributed by atoms with van der Waals surface area (Å²) >= 11 is 1.36. The maximum absolute atomic E-state index is 12.5. The first-order chi connectivity index (χ1) is 14.7. The molecular weight excluding hydrogens is 436 g/mol. The molecule has 0 spiro atoms. The van der Waals surface area contributed by atoms with E-state index in [1.807, 2.05) is 23.6 Å². The Morgan fingerprint density at radius 1 is 0.935 bits per heavy atom. The van der Waals surface area contributed by atoms with Crippen molar-refractivity contribution in [3.8, 4) is 11.1 Å². The molecule has 3 aromatic rings. The van der Waals surface area contributed by atoms with Crippen molar-refractivity contribution >= 4 is 38.9 Å². The topological polar surface area (TPSA) is 113 Å². The summed E-state index contributed by atoms with van der Waals surface area (Å²) in [6.07, 6.45) is 0. The predicted octanol–water partition coefficient (Wildman–Crippen LogP) is 4.05. The highest BCUT2D eigenvalue weighted by atomic mass is 32.2. The molecule has 0 bridgehead atoms. The number of thiophene rings is 1. The molecule has 1 heterocycles. The van der Waals surface area contributed by atoms with Crippen LogP contribution in [-0.2, 0) is 14.8 Å². The summed E-state index contributed by atoms with van der Waals surface area (Å²) in [4.78, 5) is 24.0. The van der Waals surface area contributed by atoms with Crippen molar-refractivity contribution in [2.75, 3.05) is 5.32 Å². The molecule has 31 heavy (non-hydrogen) atoms. The fourth-order valence-electron chi connectivity index (χ4n) is 2.88. The highest BCUT2D eigenvalue weighted by Gasteiger charge is 2.27. The molecule has 0 saturated heterocycles. The second kappa shape index (κ2) is 9.42. The molecule has 1 atom stereocenters. The van der Waals surface area contributed by atoms with Gasteiger partial charge in [0.15, 0.2) is 0 Å². The summed E-state index contributed by atoms with van der Waals surface area (Å²) < 4.78 is 27.3. The highest BCUT2D eigenvalue weighted by molar-refractivity contribution is 7.89. The van der Waals surface area contributed by atoms with Crippen molar-refractivity contribution in [3.05, 3.63) is 70.9 Å². The van der Waals surface area contributed by atoms with Crippen LogP contribution in [0.3, 0.4) is 0 Å². The molecule has 7 nitrogen and oxygen atoms in total. The number of benzene rings is 2. The fourth-order valence-corrected chi connectivity index (χ4v) is 4.84. The van der Waals surface area contributed by atoms with Gasteiger partial charge in [0.1, 0.15) is 6.04 Å². The standard InChI is InChI=1S/C22H22N2O5S2/c1-14(2)20(22(26)27)24-31(28,29)18-11-7-16(8-12-18)15-5-9-17(10-6-15)23-21(25)19-4-3-13-30-19/h3-14,20,24H,1-2H3,(H,23,25)(H,26,27). The first-order valence-electron chi connectivity index (χ1n) is 9.48. The van der Waals surface area contributed by atoms with Gasteiger partial charge in [-0.2, -0.15) is 4.72 Å². The Morgan fingerprint density at radius 3 is 2.00 bits per heavy atom. The maximum Gasteiger partial charge on any atom is 0.322 e. The van der Waals surface area contributed by atoms with Gasteiger partial charge in [-0.15, -0.1) is 11.3 Å². The Labute approximate surface area is 184 Å². The van der Waals surface area contributed by atoms with Crippen LogP contribution in [0.2, 0.25) is 0 Å². The van der Waals surface area contributed by atoms with Gasteiger partial charge in [0.2, 0.25) is 10.0 Å². The Kier molecular flexibility index (Phi) is 6.89. The first kappa shape index (κ1) is 22.7. The molecule has 162 valence electrons. The molecule has 1 aromatic heterocycles. The number of carboxylic acid groups (broad SMARTS) is 1. The SMILES string of the molecule is CC(C)C(NS(=O)(=O)c1ccc(-c2ccc(NC(=O)c3cccs3)cc2)cc1)C(=O)O. The number of sulfonamides is 1. The van der Waals surface area contributed by atoms with E-state index in [9.17, 15) is 23.1 Å². The van der Waals surface area contributed by atoms with E-state index in [2.05, 4.69) is 10.0 Å². The number of rotatable bonds is 8. The van der Waals surface area contributed by atoms with E-state index in [1.54, 1.807) is 44.2 Å². The van der Waals surface area contributed by atoms with Gasteiger partial charge in [-0.1, -0.05) is 44.2 Å². The Bertz CT molecular complexity index is 1150. The van der Waals surface area contributed by atoms with Crippen LogP contribution in [-0.4, -0.2) is 31.4 Å².